The normalized spacial score (nSPS) is 15.3. The molecule has 24 heavy (non-hydrogen) atoms. The van der Waals surface area contributed by atoms with Gasteiger partial charge >= 0.3 is 0 Å². The molecule has 1 N–H and O–H groups in total. The third-order valence-corrected chi connectivity index (χ3v) is 5.15. The summed E-state index contributed by atoms with van der Waals surface area (Å²) in [4.78, 5) is 11.9. The zero-order valence-corrected chi connectivity index (χ0v) is 14.3. The molecule has 0 unspecified atom stereocenters. The Labute approximate surface area is 145 Å². The number of hydrogen-bond acceptors (Lipinski definition) is 2. The van der Waals surface area contributed by atoms with Gasteiger partial charge < -0.3 is 5.32 Å². The van der Waals surface area contributed by atoms with Crippen LogP contribution in [0.3, 0.4) is 0 Å². The van der Waals surface area contributed by atoms with Crippen molar-refractivity contribution in [2.45, 2.75) is 24.3 Å². The van der Waals surface area contributed by atoms with Crippen LogP contribution in [-0.4, -0.2) is 10.1 Å². The molecule has 1 saturated carbocycles. The summed E-state index contributed by atoms with van der Waals surface area (Å²) in [5.41, 5.74) is 2.79. The van der Waals surface area contributed by atoms with Gasteiger partial charge in [0.1, 0.15) is 0 Å². The van der Waals surface area contributed by atoms with Crippen LogP contribution < -0.4 is 5.32 Å². The Hall–Kier alpha value is -2.20. The molecule has 124 valence electrons. The molecule has 1 fully saturated rings. The molecule has 2 aromatic carbocycles. The average molecular weight is 339 g/mol. The van der Waals surface area contributed by atoms with Crippen LogP contribution >= 0.6 is 0 Å². The van der Waals surface area contributed by atoms with Crippen molar-refractivity contribution in [2.75, 3.05) is 5.32 Å². The van der Waals surface area contributed by atoms with Gasteiger partial charge in [0, 0.05) is 28.0 Å². The van der Waals surface area contributed by atoms with Crippen molar-refractivity contribution in [1.29, 1.82) is 0 Å². The average Bonchev–Trinajstić information content (AvgIpc) is 3.38. The van der Waals surface area contributed by atoms with Gasteiger partial charge in [-0.2, -0.15) is 0 Å². The predicted octanol–water partition coefficient (Wildman–Crippen LogP) is 4.04. The maximum Gasteiger partial charge on any atom is 0.248 e. The molecule has 4 heteroatoms. The van der Waals surface area contributed by atoms with Gasteiger partial charge in [0.25, 0.3) is 0 Å². The van der Waals surface area contributed by atoms with Crippen LogP contribution in [0.1, 0.15) is 24.0 Å². The SMILES string of the molecule is O=C(/C=C/C1CC1)Nc1cccc(C[S@](=O)Cc2ccccc2)c1. The summed E-state index contributed by atoms with van der Waals surface area (Å²) in [7, 11) is -0.971. The number of carbonyl (C=O) groups is 1. The van der Waals surface area contributed by atoms with Crippen LogP contribution in [0.2, 0.25) is 0 Å². The number of carbonyl (C=O) groups excluding carboxylic acids is 1. The molecule has 1 aliphatic rings. The molecule has 0 saturated heterocycles. The Balaban J connectivity index is 1.56. The molecule has 0 aromatic heterocycles. The quantitative estimate of drug-likeness (QED) is 0.774. The summed E-state index contributed by atoms with van der Waals surface area (Å²) in [6, 6.07) is 17.4. The molecule has 3 nitrogen and oxygen atoms in total. The summed E-state index contributed by atoms with van der Waals surface area (Å²) < 4.78 is 12.3. The van der Waals surface area contributed by atoms with Gasteiger partial charge in [-0.1, -0.05) is 48.5 Å². The topological polar surface area (TPSA) is 46.2 Å². The van der Waals surface area contributed by atoms with Crippen LogP contribution in [0.4, 0.5) is 5.69 Å². The molecule has 1 atom stereocenters. The van der Waals surface area contributed by atoms with E-state index in [1.54, 1.807) is 6.08 Å². The second kappa shape index (κ2) is 8.06. The van der Waals surface area contributed by atoms with Crippen molar-refractivity contribution in [1.82, 2.24) is 0 Å². The van der Waals surface area contributed by atoms with Crippen LogP contribution in [-0.2, 0) is 27.1 Å². The van der Waals surface area contributed by atoms with Crippen molar-refractivity contribution in [3.05, 3.63) is 77.9 Å². The van der Waals surface area contributed by atoms with E-state index in [-0.39, 0.29) is 5.91 Å². The van der Waals surface area contributed by atoms with Gasteiger partial charge in [0.05, 0.1) is 0 Å². The Kier molecular flexibility index (Phi) is 5.59. The van der Waals surface area contributed by atoms with E-state index in [0.717, 1.165) is 16.8 Å². The highest BCUT2D eigenvalue weighted by molar-refractivity contribution is 7.83. The zero-order valence-electron chi connectivity index (χ0n) is 13.5. The highest BCUT2D eigenvalue weighted by Gasteiger charge is 2.17. The molecule has 0 aliphatic heterocycles. The first-order valence-corrected chi connectivity index (χ1v) is 9.65. The Morgan fingerprint density at radius 1 is 1.04 bits per heavy atom. The summed E-state index contributed by atoms with van der Waals surface area (Å²) in [5.74, 6) is 1.50. The number of benzene rings is 2. The fraction of sp³-hybridized carbons (Fsp3) is 0.250. The fourth-order valence-corrected chi connectivity index (χ4v) is 3.65. The molecular formula is C20H21NO2S. The molecule has 0 spiro atoms. The molecule has 3 rings (SSSR count). The van der Waals surface area contributed by atoms with Gasteiger partial charge in [0.2, 0.25) is 5.91 Å². The lowest BCUT2D eigenvalue weighted by Gasteiger charge is -2.06. The molecule has 0 heterocycles. The van der Waals surface area contributed by atoms with E-state index in [1.807, 2.05) is 60.7 Å². The van der Waals surface area contributed by atoms with Crippen molar-refractivity contribution < 1.29 is 9.00 Å². The lowest BCUT2D eigenvalue weighted by molar-refractivity contribution is -0.111. The summed E-state index contributed by atoms with van der Waals surface area (Å²) in [5, 5.41) is 2.86. The number of rotatable bonds is 7. The first kappa shape index (κ1) is 16.7. The minimum Gasteiger partial charge on any atom is -0.323 e. The molecule has 0 radical (unpaired) electrons. The summed E-state index contributed by atoms with van der Waals surface area (Å²) in [6.45, 7) is 0. The van der Waals surface area contributed by atoms with Crippen molar-refractivity contribution >= 4 is 22.4 Å². The zero-order chi connectivity index (χ0) is 16.8. The third-order valence-electron chi connectivity index (χ3n) is 3.83. The van der Waals surface area contributed by atoms with E-state index in [4.69, 9.17) is 0 Å². The van der Waals surface area contributed by atoms with E-state index in [0.29, 0.717) is 17.4 Å². The van der Waals surface area contributed by atoms with Gasteiger partial charge in [-0.05, 0) is 48.1 Å². The lowest BCUT2D eigenvalue weighted by Crippen LogP contribution is -2.08. The largest absolute Gasteiger partial charge is 0.323 e. The summed E-state index contributed by atoms with van der Waals surface area (Å²) >= 11 is 0. The standard InChI is InChI=1S/C20H21NO2S/c22-20(12-11-16-9-10-16)21-19-8-4-7-18(13-19)15-24(23)14-17-5-2-1-3-6-17/h1-8,11-13,16H,9-10,14-15H2,(H,21,22)/b12-11+/t24-/m1/s1. The number of allylic oxidation sites excluding steroid dienone is 1. The van der Waals surface area contributed by atoms with E-state index >= 15 is 0 Å². The number of nitrogens with one attached hydrogen (secondary N) is 1. The van der Waals surface area contributed by atoms with E-state index in [9.17, 15) is 9.00 Å². The minimum atomic E-state index is -0.971. The van der Waals surface area contributed by atoms with Gasteiger partial charge in [0.15, 0.2) is 0 Å². The number of amides is 1. The van der Waals surface area contributed by atoms with Gasteiger partial charge in [-0.3, -0.25) is 9.00 Å². The Morgan fingerprint density at radius 2 is 1.75 bits per heavy atom. The van der Waals surface area contributed by atoms with Gasteiger partial charge in [-0.15, -0.1) is 0 Å². The molecule has 2 aromatic rings. The molecular weight excluding hydrogens is 318 g/mol. The monoisotopic (exact) mass is 339 g/mol. The smallest absolute Gasteiger partial charge is 0.248 e. The predicted molar refractivity (Wildman–Crippen MR) is 98.9 cm³/mol. The lowest BCUT2D eigenvalue weighted by atomic mass is 10.2. The number of hydrogen-bond donors (Lipinski definition) is 1. The maximum absolute atomic E-state index is 12.3. The third kappa shape index (κ3) is 5.46. The van der Waals surface area contributed by atoms with Gasteiger partial charge in [-0.25, -0.2) is 0 Å². The van der Waals surface area contributed by atoms with E-state index < -0.39 is 10.8 Å². The second-order valence-electron chi connectivity index (χ2n) is 6.10. The Bertz CT molecular complexity index is 751. The second-order valence-corrected chi connectivity index (χ2v) is 7.56. The highest BCUT2D eigenvalue weighted by atomic mass is 32.2. The van der Waals surface area contributed by atoms with Crippen molar-refractivity contribution in [3.63, 3.8) is 0 Å². The summed E-state index contributed by atoms with van der Waals surface area (Å²) in [6.07, 6.45) is 5.95. The van der Waals surface area contributed by atoms with E-state index in [1.165, 1.54) is 12.8 Å². The Morgan fingerprint density at radius 3 is 2.50 bits per heavy atom. The first-order valence-electron chi connectivity index (χ1n) is 8.16. The molecule has 0 bridgehead atoms. The molecule has 1 aliphatic carbocycles. The number of anilines is 1. The van der Waals surface area contributed by atoms with Crippen molar-refractivity contribution in [3.8, 4) is 0 Å². The highest BCUT2D eigenvalue weighted by Crippen LogP contribution is 2.29. The van der Waals surface area contributed by atoms with Crippen LogP contribution in [0.5, 0.6) is 0 Å². The maximum atomic E-state index is 12.3. The minimum absolute atomic E-state index is 0.107. The van der Waals surface area contributed by atoms with Crippen LogP contribution in [0.15, 0.2) is 66.7 Å². The van der Waals surface area contributed by atoms with Crippen molar-refractivity contribution in [2.24, 2.45) is 5.92 Å². The molecule has 1 amide bonds. The fourth-order valence-electron chi connectivity index (χ4n) is 2.43. The van der Waals surface area contributed by atoms with Crippen LogP contribution in [0.25, 0.3) is 0 Å². The first-order chi connectivity index (χ1) is 11.7. The van der Waals surface area contributed by atoms with Crippen LogP contribution in [0, 0.1) is 5.92 Å². The van der Waals surface area contributed by atoms with E-state index in [2.05, 4.69) is 5.32 Å².